The maximum Gasteiger partial charge on any atom is 0.139 e. The highest BCUT2D eigenvalue weighted by atomic mass is 32.1. The Morgan fingerprint density at radius 2 is 2.14 bits per heavy atom. The summed E-state index contributed by atoms with van der Waals surface area (Å²) in [6, 6.07) is 10.2. The first kappa shape index (κ1) is 13.9. The van der Waals surface area contributed by atoms with Crippen molar-refractivity contribution in [1.29, 1.82) is 0 Å². The van der Waals surface area contributed by atoms with E-state index in [0.717, 1.165) is 32.8 Å². The first-order valence-corrected chi connectivity index (χ1v) is 7.89. The molecule has 0 spiro atoms. The Morgan fingerprint density at radius 1 is 1.24 bits per heavy atom. The minimum absolute atomic E-state index is 0.268. The van der Waals surface area contributed by atoms with Crippen LogP contribution in [0.15, 0.2) is 42.7 Å². The Bertz CT molecular complexity index is 765. The summed E-state index contributed by atoms with van der Waals surface area (Å²) in [5.74, 6) is 0.268. The van der Waals surface area contributed by atoms with Gasteiger partial charge in [0.15, 0.2) is 0 Å². The molecular weight excluding hydrogens is 280 g/mol. The number of hydrogen-bond acceptors (Lipinski definition) is 4. The number of nitrogens with zero attached hydrogens (tertiary/aromatic N) is 2. The second-order valence-corrected chi connectivity index (χ2v) is 6.11. The van der Waals surface area contributed by atoms with Crippen molar-refractivity contribution in [1.82, 2.24) is 9.97 Å². The monoisotopic (exact) mass is 296 g/mol. The number of fused-ring (bicyclic) bond motifs is 1. The van der Waals surface area contributed by atoms with Crippen molar-refractivity contribution in [2.75, 3.05) is 0 Å². The number of carbonyl (C=O) groups excluding carboxylic acids is 1. The normalized spacial score (nSPS) is 10.9. The molecule has 0 atom stereocenters. The molecule has 0 amide bonds. The lowest BCUT2D eigenvalue weighted by Crippen LogP contribution is -2.00. The van der Waals surface area contributed by atoms with E-state index in [1.165, 1.54) is 0 Å². The van der Waals surface area contributed by atoms with E-state index in [0.29, 0.717) is 12.8 Å². The van der Waals surface area contributed by atoms with Gasteiger partial charge in [-0.3, -0.25) is 9.78 Å². The van der Waals surface area contributed by atoms with E-state index in [2.05, 4.69) is 28.2 Å². The van der Waals surface area contributed by atoms with Crippen molar-refractivity contribution in [3.63, 3.8) is 0 Å². The molecule has 3 aromatic rings. The average Bonchev–Trinajstić information content (AvgIpc) is 2.89. The van der Waals surface area contributed by atoms with Gasteiger partial charge in [0.1, 0.15) is 10.8 Å². The lowest BCUT2D eigenvalue weighted by atomic mass is 10.1. The van der Waals surface area contributed by atoms with Crippen LogP contribution in [0.1, 0.15) is 24.8 Å². The Hall–Kier alpha value is -2.07. The second kappa shape index (κ2) is 6.14. The predicted octanol–water partition coefficient (Wildman–Crippen LogP) is 4.27. The number of hydrogen-bond donors (Lipinski definition) is 0. The van der Waals surface area contributed by atoms with Crippen LogP contribution in [0.4, 0.5) is 0 Å². The van der Waals surface area contributed by atoms with E-state index < -0.39 is 0 Å². The van der Waals surface area contributed by atoms with Crippen molar-refractivity contribution >= 4 is 27.3 Å². The summed E-state index contributed by atoms with van der Waals surface area (Å²) in [4.78, 5) is 20.5. The molecule has 0 unspecified atom stereocenters. The number of Topliss-reactive ketones (excluding diaryl/α,β-unsaturated/α-hetero) is 1. The third-order valence-electron chi connectivity index (χ3n) is 3.30. The van der Waals surface area contributed by atoms with Crippen LogP contribution >= 0.6 is 11.3 Å². The molecule has 1 aromatic carbocycles. The summed E-state index contributed by atoms with van der Waals surface area (Å²) in [5.41, 5.74) is 3.14. The molecule has 0 radical (unpaired) electrons. The average molecular weight is 296 g/mol. The molecule has 4 heteroatoms. The molecule has 0 fully saturated rings. The van der Waals surface area contributed by atoms with Gasteiger partial charge in [-0.15, -0.1) is 11.3 Å². The zero-order valence-corrected chi connectivity index (χ0v) is 12.7. The van der Waals surface area contributed by atoms with Gasteiger partial charge in [-0.2, -0.15) is 0 Å². The van der Waals surface area contributed by atoms with Crippen molar-refractivity contribution in [3.05, 3.63) is 47.7 Å². The molecule has 2 heterocycles. The van der Waals surface area contributed by atoms with Crippen LogP contribution in [0, 0.1) is 0 Å². The Morgan fingerprint density at radius 3 is 2.90 bits per heavy atom. The lowest BCUT2D eigenvalue weighted by molar-refractivity contribution is -0.118. The fraction of sp³-hybridized carbons (Fsp3) is 0.235. The van der Waals surface area contributed by atoms with Crippen LogP contribution in [-0.2, 0) is 11.2 Å². The summed E-state index contributed by atoms with van der Waals surface area (Å²) in [6.07, 6.45) is 5.60. The number of carbonyl (C=O) groups is 1. The standard InChI is InChI=1S/C17H16N2OS/c1-2-4-14(20)10-17-19-15-9-12(6-7-16(15)21-17)13-5-3-8-18-11-13/h3,5-9,11H,2,4,10H2,1H3. The van der Waals surface area contributed by atoms with Gasteiger partial charge in [-0.05, 0) is 30.2 Å². The van der Waals surface area contributed by atoms with Gasteiger partial charge in [0.2, 0.25) is 0 Å². The number of rotatable bonds is 5. The van der Waals surface area contributed by atoms with Gasteiger partial charge in [0.05, 0.1) is 16.6 Å². The summed E-state index contributed by atoms with van der Waals surface area (Å²) in [5, 5.41) is 0.909. The van der Waals surface area contributed by atoms with Crippen LogP contribution in [-0.4, -0.2) is 15.8 Å². The molecule has 3 nitrogen and oxygen atoms in total. The van der Waals surface area contributed by atoms with E-state index >= 15 is 0 Å². The molecule has 0 aliphatic heterocycles. The third kappa shape index (κ3) is 3.16. The maximum absolute atomic E-state index is 11.7. The highest BCUT2D eigenvalue weighted by molar-refractivity contribution is 7.18. The third-order valence-corrected chi connectivity index (χ3v) is 4.34. The zero-order valence-electron chi connectivity index (χ0n) is 11.9. The topological polar surface area (TPSA) is 42.9 Å². The molecule has 0 saturated heterocycles. The SMILES string of the molecule is CCCC(=O)Cc1nc2cc(-c3cccnc3)ccc2s1. The molecule has 21 heavy (non-hydrogen) atoms. The van der Waals surface area contributed by atoms with E-state index in [4.69, 9.17) is 0 Å². The summed E-state index contributed by atoms with van der Waals surface area (Å²) in [7, 11) is 0. The van der Waals surface area contributed by atoms with E-state index in [1.54, 1.807) is 17.5 Å². The molecule has 3 rings (SSSR count). The molecule has 0 aliphatic rings. The predicted molar refractivity (Wildman–Crippen MR) is 86.5 cm³/mol. The summed E-state index contributed by atoms with van der Waals surface area (Å²) < 4.78 is 1.13. The zero-order chi connectivity index (χ0) is 14.7. The maximum atomic E-state index is 11.7. The van der Waals surface area contributed by atoms with Gasteiger partial charge in [0.25, 0.3) is 0 Å². The first-order valence-electron chi connectivity index (χ1n) is 7.08. The molecule has 0 N–H and O–H groups in total. The molecular formula is C17H16N2OS. The largest absolute Gasteiger partial charge is 0.299 e. The molecule has 0 saturated carbocycles. The van der Waals surface area contributed by atoms with Crippen molar-refractivity contribution < 1.29 is 4.79 Å². The summed E-state index contributed by atoms with van der Waals surface area (Å²) in [6.45, 7) is 2.02. The van der Waals surface area contributed by atoms with Crippen LogP contribution in [0.3, 0.4) is 0 Å². The first-order chi connectivity index (χ1) is 10.3. The smallest absolute Gasteiger partial charge is 0.139 e. The fourth-order valence-electron chi connectivity index (χ4n) is 2.30. The van der Waals surface area contributed by atoms with E-state index in [1.807, 2.05) is 25.3 Å². The quantitative estimate of drug-likeness (QED) is 0.706. The molecule has 0 aliphatic carbocycles. The van der Waals surface area contributed by atoms with Crippen LogP contribution in [0.5, 0.6) is 0 Å². The Labute approximate surface area is 127 Å². The Kier molecular flexibility index (Phi) is 4.06. The van der Waals surface area contributed by atoms with E-state index in [9.17, 15) is 4.79 Å². The Balaban J connectivity index is 1.90. The van der Waals surface area contributed by atoms with Crippen LogP contribution in [0.2, 0.25) is 0 Å². The fourth-order valence-corrected chi connectivity index (χ4v) is 3.28. The van der Waals surface area contributed by atoms with Gasteiger partial charge in [-0.25, -0.2) is 4.98 Å². The van der Waals surface area contributed by atoms with Crippen molar-refractivity contribution in [2.24, 2.45) is 0 Å². The highest BCUT2D eigenvalue weighted by Gasteiger charge is 2.09. The van der Waals surface area contributed by atoms with Gasteiger partial charge < -0.3 is 0 Å². The molecule has 106 valence electrons. The number of aromatic nitrogens is 2. The lowest BCUT2D eigenvalue weighted by Gasteiger charge is -1.99. The molecule has 2 aromatic heterocycles. The number of pyridine rings is 1. The van der Waals surface area contributed by atoms with E-state index in [-0.39, 0.29) is 5.78 Å². The van der Waals surface area contributed by atoms with Gasteiger partial charge in [-0.1, -0.05) is 19.1 Å². The van der Waals surface area contributed by atoms with Crippen LogP contribution < -0.4 is 0 Å². The number of ketones is 1. The number of thiazole rings is 1. The minimum Gasteiger partial charge on any atom is -0.299 e. The highest BCUT2D eigenvalue weighted by Crippen LogP contribution is 2.28. The van der Waals surface area contributed by atoms with Crippen molar-refractivity contribution in [3.8, 4) is 11.1 Å². The van der Waals surface area contributed by atoms with Gasteiger partial charge >= 0.3 is 0 Å². The second-order valence-electron chi connectivity index (χ2n) is 5.00. The van der Waals surface area contributed by atoms with Gasteiger partial charge in [0, 0.05) is 24.4 Å². The number of benzene rings is 1. The molecule has 0 bridgehead atoms. The van der Waals surface area contributed by atoms with Crippen molar-refractivity contribution in [2.45, 2.75) is 26.2 Å². The summed E-state index contributed by atoms with van der Waals surface area (Å²) >= 11 is 1.61. The van der Waals surface area contributed by atoms with Crippen LogP contribution in [0.25, 0.3) is 21.3 Å². The minimum atomic E-state index is 0.268.